The van der Waals surface area contributed by atoms with E-state index < -0.39 is 23.4 Å². The lowest BCUT2D eigenvalue weighted by atomic mass is 9.64. The summed E-state index contributed by atoms with van der Waals surface area (Å²) in [5.74, 6) is -1.05. The van der Waals surface area contributed by atoms with Gasteiger partial charge in [-0.2, -0.15) is 0 Å². The van der Waals surface area contributed by atoms with Gasteiger partial charge in [-0.1, -0.05) is 97.1 Å². The minimum Gasteiger partial charge on any atom is -0.352 e. The number of Topliss-reactive ketones (excluding diaryl/α,β-unsaturated/α-hetero) is 3. The molecule has 4 aromatic rings. The van der Waals surface area contributed by atoms with Crippen molar-refractivity contribution in [1.29, 1.82) is 0 Å². The summed E-state index contributed by atoms with van der Waals surface area (Å²) in [6.45, 7) is 1.58. The van der Waals surface area contributed by atoms with Crippen LogP contribution in [0.3, 0.4) is 0 Å². The third kappa shape index (κ3) is 2.46. The average molecular weight is 470 g/mol. The van der Waals surface area contributed by atoms with E-state index in [1.165, 1.54) is 0 Å². The molecule has 2 aliphatic heterocycles. The minimum absolute atomic E-state index is 0.0586. The number of benzene rings is 4. The van der Waals surface area contributed by atoms with E-state index in [2.05, 4.69) is 23.1 Å². The van der Waals surface area contributed by atoms with Crippen molar-refractivity contribution < 1.29 is 14.4 Å². The van der Waals surface area contributed by atoms with Crippen LogP contribution in [0.1, 0.15) is 44.7 Å². The van der Waals surface area contributed by atoms with Gasteiger partial charge in [0.1, 0.15) is 5.41 Å². The first-order valence-corrected chi connectivity index (χ1v) is 12.3. The Labute approximate surface area is 208 Å². The molecular weight excluding hydrogens is 446 g/mol. The zero-order valence-corrected chi connectivity index (χ0v) is 19.7. The Morgan fingerprint density at radius 3 is 2.11 bits per heavy atom. The van der Waals surface area contributed by atoms with Crippen LogP contribution >= 0.6 is 0 Å². The van der Waals surface area contributed by atoms with Crippen molar-refractivity contribution in [1.82, 2.24) is 0 Å². The number of hydrogen-bond donors (Lipinski definition) is 0. The lowest BCUT2D eigenvalue weighted by molar-refractivity contribution is -0.118. The van der Waals surface area contributed by atoms with Gasteiger partial charge in [-0.25, -0.2) is 0 Å². The van der Waals surface area contributed by atoms with Crippen LogP contribution in [0.5, 0.6) is 0 Å². The van der Waals surface area contributed by atoms with E-state index in [4.69, 9.17) is 0 Å². The molecule has 4 nitrogen and oxygen atoms in total. The van der Waals surface area contributed by atoms with Crippen LogP contribution in [0.25, 0.3) is 16.8 Å². The Morgan fingerprint density at radius 2 is 1.42 bits per heavy atom. The molecule has 2 heterocycles. The summed E-state index contributed by atoms with van der Waals surface area (Å²) in [4.78, 5) is 44.3. The van der Waals surface area contributed by atoms with Gasteiger partial charge in [0.2, 0.25) is 0 Å². The third-order valence-electron chi connectivity index (χ3n) is 8.29. The van der Waals surface area contributed by atoms with Crippen molar-refractivity contribution in [3.63, 3.8) is 0 Å². The molecule has 0 N–H and O–H groups in total. The first-order chi connectivity index (χ1) is 17.5. The Kier molecular flexibility index (Phi) is 4.29. The fourth-order valence-corrected chi connectivity index (χ4v) is 6.92. The van der Waals surface area contributed by atoms with Crippen LogP contribution in [-0.4, -0.2) is 29.4 Å². The average Bonchev–Trinajstić information content (AvgIpc) is 3.35. The summed E-state index contributed by atoms with van der Waals surface area (Å²) in [7, 11) is 0. The molecule has 0 bridgehead atoms. The smallest absolute Gasteiger partial charge is 0.180 e. The molecule has 1 saturated heterocycles. The molecular formula is C32H23NO3. The van der Waals surface area contributed by atoms with Crippen LogP contribution in [0.15, 0.2) is 97.1 Å². The molecule has 7 rings (SSSR count). The number of fused-ring (bicyclic) bond motifs is 7. The fourth-order valence-electron chi connectivity index (χ4n) is 6.92. The van der Waals surface area contributed by atoms with Crippen molar-refractivity contribution >= 4 is 39.9 Å². The first kappa shape index (κ1) is 21.0. The van der Waals surface area contributed by atoms with Crippen molar-refractivity contribution in [2.75, 3.05) is 4.90 Å². The molecule has 36 heavy (non-hydrogen) atoms. The molecule has 0 amide bonds. The number of ketones is 3. The van der Waals surface area contributed by atoms with Gasteiger partial charge < -0.3 is 4.90 Å². The lowest BCUT2D eigenvalue weighted by Crippen LogP contribution is -2.48. The topological polar surface area (TPSA) is 54.5 Å². The zero-order chi connectivity index (χ0) is 24.6. The number of carbonyl (C=O) groups is 3. The molecule has 1 fully saturated rings. The maximum atomic E-state index is 14.4. The highest BCUT2D eigenvalue weighted by atomic mass is 16.2. The zero-order valence-electron chi connectivity index (χ0n) is 19.7. The molecule has 174 valence electrons. The Hall–Kier alpha value is -4.31. The van der Waals surface area contributed by atoms with Gasteiger partial charge in [0.05, 0.1) is 12.1 Å². The minimum atomic E-state index is -1.42. The van der Waals surface area contributed by atoms with Crippen molar-refractivity contribution in [2.45, 2.75) is 24.9 Å². The molecule has 0 unspecified atom stereocenters. The third-order valence-corrected chi connectivity index (χ3v) is 8.29. The van der Waals surface area contributed by atoms with Crippen LogP contribution in [0, 0.1) is 5.41 Å². The molecule has 3 atom stereocenters. The van der Waals surface area contributed by atoms with Crippen molar-refractivity contribution in [2.24, 2.45) is 5.41 Å². The summed E-state index contributed by atoms with van der Waals surface area (Å²) in [5, 5.41) is 2.18. The number of rotatable bonds is 2. The van der Waals surface area contributed by atoms with Gasteiger partial charge in [-0.15, -0.1) is 0 Å². The normalized spacial score (nSPS) is 23.1. The lowest BCUT2D eigenvalue weighted by Gasteiger charge is -2.37. The highest BCUT2D eigenvalue weighted by molar-refractivity contribution is 6.32. The second-order valence-electron chi connectivity index (χ2n) is 9.95. The van der Waals surface area contributed by atoms with Gasteiger partial charge >= 0.3 is 0 Å². The Bertz CT molecular complexity index is 1600. The fraction of sp³-hybridized carbons (Fsp3) is 0.156. The predicted octanol–water partition coefficient (Wildman–Crippen LogP) is 5.86. The maximum absolute atomic E-state index is 14.4. The second-order valence-corrected chi connectivity index (χ2v) is 9.95. The summed E-state index contributed by atoms with van der Waals surface area (Å²) >= 11 is 0. The standard InChI is InChI=1S/C32H23NO3/c1-19(34)29-28(21-10-3-2-4-11-21)32(30(35)24-13-7-8-14-25(24)31(32)36)27-18-16-23-22-12-6-5-9-20(22)15-17-26(23)33(27)29/h2-18,27-29H,1H3/t27-,28+,29-/m1/s1. The maximum Gasteiger partial charge on any atom is 0.180 e. The van der Waals surface area contributed by atoms with Crippen LogP contribution in [0.4, 0.5) is 5.69 Å². The van der Waals surface area contributed by atoms with E-state index in [0.717, 1.165) is 27.6 Å². The molecule has 1 spiro atoms. The van der Waals surface area contributed by atoms with E-state index in [0.29, 0.717) is 11.1 Å². The van der Waals surface area contributed by atoms with Gasteiger partial charge in [0.15, 0.2) is 17.3 Å². The van der Waals surface area contributed by atoms with E-state index >= 15 is 0 Å². The highest BCUT2D eigenvalue weighted by Crippen LogP contribution is 2.60. The second kappa shape index (κ2) is 7.34. The first-order valence-electron chi connectivity index (χ1n) is 12.3. The number of carbonyl (C=O) groups excluding carboxylic acids is 3. The summed E-state index contributed by atoms with van der Waals surface area (Å²) in [5.41, 5.74) is 2.21. The van der Waals surface area contributed by atoms with Gasteiger partial charge in [-0.3, -0.25) is 14.4 Å². The summed E-state index contributed by atoms with van der Waals surface area (Å²) in [6.07, 6.45) is 4.02. The van der Waals surface area contributed by atoms with E-state index in [1.807, 2.05) is 60.7 Å². The van der Waals surface area contributed by atoms with Crippen LogP contribution in [-0.2, 0) is 4.79 Å². The number of nitrogens with zero attached hydrogens (tertiary/aromatic N) is 1. The molecule has 4 heteroatoms. The monoisotopic (exact) mass is 469 g/mol. The molecule has 0 saturated carbocycles. The van der Waals surface area contributed by atoms with E-state index in [1.54, 1.807) is 31.2 Å². The largest absolute Gasteiger partial charge is 0.352 e. The summed E-state index contributed by atoms with van der Waals surface area (Å²) < 4.78 is 0. The van der Waals surface area contributed by atoms with Crippen molar-refractivity contribution in [3.05, 3.63) is 119 Å². The molecule has 0 aromatic heterocycles. The SMILES string of the molecule is CC(=O)[C@@H]1[C@H](c2ccccc2)C2(C(=O)c3ccccc3C2=O)[C@H]2C=Cc3c(ccc4ccccc34)N12. The van der Waals surface area contributed by atoms with Crippen molar-refractivity contribution in [3.8, 4) is 0 Å². The van der Waals surface area contributed by atoms with Gasteiger partial charge in [-0.05, 0) is 29.3 Å². The molecule has 4 aromatic carbocycles. The molecule has 3 aliphatic rings. The molecule has 1 aliphatic carbocycles. The predicted molar refractivity (Wildman–Crippen MR) is 140 cm³/mol. The summed E-state index contributed by atoms with van der Waals surface area (Å²) in [6, 6.07) is 27.7. The highest BCUT2D eigenvalue weighted by Gasteiger charge is 2.71. The van der Waals surface area contributed by atoms with E-state index in [9.17, 15) is 14.4 Å². The van der Waals surface area contributed by atoms with Crippen LogP contribution in [0.2, 0.25) is 0 Å². The number of hydrogen-bond acceptors (Lipinski definition) is 4. The molecule has 0 radical (unpaired) electrons. The van der Waals surface area contributed by atoms with E-state index in [-0.39, 0.29) is 17.3 Å². The Balaban J connectivity index is 1.56. The number of anilines is 1. The van der Waals surface area contributed by atoms with Gasteiger partial charge in [0.25, 0.3) is 0 Å². The van der Waals surface area contributed by atoms with Gasteiger partial charge in [0, 0.05) is 28.3 Å². The van der Waals surface area contributed by atoms with Crippen LogP contribution < -0.4 is 4.90 Å². The quantitative estimate of drug-likeness (QED) is 0.345. The Morgan fingerprint density at radius 1 is 0.778 bits per heavy atom.